The van der Waals surface area contributed by atoms with Crippen LogP contribution in [0.15, 0.2) is 24.3 Å². The molecule has 1 unspecified atom stereocenters. The number of nitrogens with one attached hydrogen (secondary N) is 2. The van der Waals surface area contributed by atoms with Gasteiger partial charge in [0, 0.05) is 28.9 Å². The highest BCUT2D eigenvalue weighted by Gasteiger charge is 2.52. The van der Waals surface area contributed by atoms with E-state index >= 15 is 0 Å². The van der Waals surface area contributed by atoms with Crippen LogP contribution in [0.5, 0.6) is 0 Å². The number of halogens is 2. The molecule has 4 fully saturated rings. The van der Waals surface area contributed by atoms with Gasteiger partial charge in [0.25, 0.3) is 0 Å². The topological polar surface area (TPSA) is 85.2 Å². The highest BCUT2D eigenvalue weighted by molar-refractivity contribution is 6.30. The van der Waals surface area contributed by atoms with Crippen molar-refractivity contribution < 1.29 is 14.0 Å². The van der Waals surface area contributed by atoms with Gasteiger partial charge in [-0.1, -0.05) is 23.7 Å². The Balaban J connectivity index is 1.28. The van der Waals surface area contributed by atoms with Crippen molar-refractivity contribution in [1.82, 2.24) is 15.5 Å². The van der Waals surface area contributed by atoms with Gasteiger partial charge in [-0.05, 0) is 56.2 Å². The highest BCUT2D eigenvalue weighted by atomic mass is 35.5. The van der Waals surface area contributed by atoms with Gasteiger partial charge in [0.05, 0.1) is 19.2 Å². The SMILES string of the molecule is N#CC1C[C@H](F)CN1C(=O)CNC12CCC(C(=O)NCc3ccc(Cl)cc3)(CC1)CC2. The summed E-state index contributed by atoms with van der Waals surface area (Å²) in [6, 6.07) is 8.82. The molecule has 1 saturated heterocycles. The molecule has 2 atom stereocenters. The maximum atomic E-state index is 13.6. The number of benzene rings is 1. The largest absolute Gasteiger partial charge is 0.352 e. The normalized spacial score (nSPS) is 32.0. The number of hydrogen-bond acceptors (Lipinski definition) is 4. The second-order valence-electron chi connectivity index (χ2n) is 9.25. The molecule has 4 aliphatic rings. The fraction of sp³-hybridized carbons (Fsp3) is 0.609. The Labute approximate surface area is 187 Å². The van der Waals surface area contributed by atoms with Gasteiger partial charge in [0.2, 0.25) is 11.8 Å². The molecule has 6 nitrogen and oxygen atoms in total. The zero-order valence-corrected chi connectivity index (χ0v) is 18.3. The average Bonchev–Trinajstić information content (AvgIpc) is 3.19. The third kappa shape index (κ3) is 4.56. The number of rotatable bonds is 6. The first kappa shape index (κ1) is 22.0. The van der Waals surface area contributed by atoms with Crippen LogP contribution in [0.4, 0.5) is 4.39 Å². The fourth-order valence-electron chi connectivity index (χ4n) is 5.31. The standard InChI is InChI=1S/C23H28ClFN4O2/c24-17-3-1-16(2-4-17)13-27-21(31)22-5-8-23(9-6-22,10-7-22)28-14-20(30)29-15-18(25)11-19(29)12-26/h1-4,18-19,28H,5-11,13-15H2,(H,27,31)/t18-,19?,22?,23?/m0/s1. The third-order valence-corrected chi connectivity index (χ3v) is 7.68. The van der Waals surface area contributed by atoms with E-state index in [1.165, 1.54) is 4.90 Å². The summed E-state index contributed by atoms with van der Waals surface area (Å²) in [6.45, 7) is 0.602. The highest BCUT2D eigenvalue weighted by Crippen LogP contribution is 2.52. The summed E-state index contributed by atoms with van der Waals surface area (Å²) in [4.78, 5) is 26.9. The first-order valence-electron chi connectivity index (χ1n) is 11.0. The van der Waals surface area contributed by atoms with Gasteiger partial charge >= 0.3 is 0 Å². The lowest BCUT2D eigenvalue weighted by molar-refractivity contribution is -0.139. The Morgan fingerprint density at radius 2 is 1.81 bits per heavy atom. The summed E-state index contributed by atoms with van der Waals surface area (Å²) >= 11 is 5.91. The molecule has 2 amide bonds. The predicted molar refractivity (Wildman–Crippen MR) is 115 cm³/mol. The minimum absolute atomic E-state index is 0.00262. The molecule has 0 aromatic heterocycles. The number of likely N-dealkylation sites (tertiary alicyclic amines) is 1. The quantitative estimate of drug-likeness (QED) is 0.703. The summed E-state index contributed by atoms with van der Waals surface area (Å²) < 4.78 is 13.6. The number of nitriles is 1. The molecule has 8 heteroatoms. The first-order chi connectivity index (χ1) is 14.8. The van der Waals surface area contributed by atoms with Crippen molar-refractivity contribution in [2.45, 2.75) is 69.2 Å². The maximum absolute atomic E-state index is 13.6. The molecule has 1 heterocycles. The van der Waals surface area contributed by atoms with E-state index in [9.17, 15) is 14.0 Å². The van der Waals surface area contributed by atoms with Gasteiger partial charge in [-0.2, -0.15) is 5.26 Å². The Hall–Kier alpha value is -2.17. The van der Waals surface area contributed by atoms with E-state index in [-0.39, 0.29) is 42.3 Å². The second kappa shape index (κ2) is 8.76. The molecule has 1 aliphatic heterocycles. The molecule has 3 saturated carbocycles. The van der Waals surface area contributed by atoms with Crippen LogP contribution in [0, 0.1) is 16.7 Å². The van der Waals surface area contributed by atoms with Crippen LogP contribution in [0.1, 0.15) is 50.5 Å². The van der Waals surface area contributed by atoms with Crippen LogP contribution in [-0.4, -0.2) is 47.6 Å². The van der Waals surface area contributed by atoms with Crippen LogP contribution in [0.25, 0.3) is 0 Å². The molecule has 31 heavy (non-hydrogen) atoms. The number of fused-ring (bicyclic) bond motifs is 3. The lowest BCUT2D eigenvalue weighted by atomic mass is 9.57. The van der Waals surface area contributed by atoms with Crippen LogP contribution in [0.2, 0.25) is 5.02 Å². The molecule has 166 valence electrons. The number of nitrogens with zero attached hydrogens (tertiary/aromatic N) is 2. The minimum atomic E-state index is -1.12. The number of alkyl halides is 1. The monoisotopic (exact) mass is 446 g/mol. The molecule has 0 radical (unpaired) electrons. The van der Waals surface area contributed by atoms with Crippen molar-refractivity contribution in [3.63, 3.8) is 0 Å². The van der Waals surface area contributed by atoms with E-state index in [0.717, 1.165) is 44.1 Å². The van der Waals surface area contributed by atoms with E-state index < -0.39 is 12.2 Å². The molecule has 3 aliphatic carbocycles. The van der Waals surface area contributed by atoms with E-state index in [4.69, 9.17) is 16.9 Å². The Kier molecular flexibility index (Phi) is 6.23. The molecule has 1 aromatic rings. The molecule has 1 aromatic carbocycles. The Morgan fingerprint density at radius 3 is 2.42 bits per heavy atom. The van der Waals surface area contributed by atoms with Crippen molar-refractivity contribution in [3.05, 3.63) is 34.9 Å². The van der Waals surface area contributed by atoms with Gasteiger partial charge in [-0.3, -0.25) is 9.59 Å². The Morgan fingerprint density at radius 1 is 1.16 bits per heavy atom. The molecule has 0 spiro atoms. The first-order valence-corrected chi connectivity index (χ1v) is 11.3. The zero-order valence-electron chi connectivity index (χ0n) is 17.5. The number of hydrogen-bond donors (Lipinski definition) is 2. The van der Waals surface area contributed by atoms with Gasteiger partial charge in [0.1, 0.15) is 12.2 Å². The number of carbonyl (C=O) groups is 2. The summed E-state index contributed by atoms with van der Waals surface area (Å²) in [5, 5.41) is 16.3. The fourth-order valence-corrected chi connectivity index (χ4v) is 5.44. The van der Waals surface area contributed by atoms with Crippen molar-refractivity contribution in [1.29, 1.82) is 5.26 Å². The van der Waals surface area contributed by atoms with Crippen LogP contribution in [0.3, 0.4) is 0 Å². The van der Waals surface area contributed by atoms with Crippen LogP contribution < -0.4 is 10.6 Å². The summed E-state index contributed by atoms with van der Waals surface area (Å²) in [5.41, 5.74) is 0.538. The third-order valence-electron chi connectivity index (χ3n) is 7.43. The molecule has 5 rings (SSSR count). The van der Waals surface area contributed by atoms with Crippen molar-refractivity contribution in [2.75, 3.05) is 13.1 Å². The van der Waals surface area contributed by atoms with Gasteiger partial charge < -0.3 is 15.5 Å². The van der Waals surface area contributed by atoms with Gasteiger partial charge in [-0.25, -0.2) is 4.39 Å². The van der Waals surface area contributed by atoms with Gasteiger partial charge in [-0.15, -0.1) is 0 Å². The van der Waals surface area contributed by atoms with E-state index in [0.29, 0.717) is 11.6 Å². The molecule has 2 bridgehead atoms. The van der Waals surface area contributed by atoms with Crippen LogP contribution in [-0.2, 0) is 16.1 Å². The Bertz CT molecular complexity index is 860. The molecular formula is C23H28ClFN4O2. The van der Waals surface area contributed by atoms with Crippen LogP contribution >= 0.6 is 11.6 Å². The van der Waals surface area contributed by atoms with Crippen molar-refractivity contribution >= 4 is 23.4 Å². The average molecular weight is 447 g/mol. The minimum Gasteiger partial charge on any atom is -0.352 e. The zero-order chi connectivity index (χ0) is 22.1. The van der Waals surface area contributed by atoms with Crippen molar-refractivity contribution in [2.24, 2.45) is 5.41 Å². The van der Waals surface area contributed by atoms with E-state index in [2.05, 4.69) is 10.6 Å². The van der Waals surface area contributed by atoms with Crippen molar-refractivity contribution in [3.8, 4) is 6.07 Å². The summed E-state index contributed by atoms with van der Waals surface area (Å²) in [6.07, 6.45) is 3.85. The lowest BCUT2D eigenvalue weighted by Crippen LogP contribution is -2.60. The lowest BCUT2D eigenvalue weighted by Gasteiger charge is -2.53. The maximum Gasteiger partial charge on any atom is 0.237 e. The second-order valence-corrected chi connectivity index (χ2v) is 9.68. The molecule has 2 N–H and O–H groups in total. The van der Waals surface area contributed by atoms with Gasteiger partial charge in [0.15, 0.2) is 0 Å². The summed E-state index contributed by atoms with van der Waals surface area (Å²) in [5.74, 6) is -0.112. The number of amides is 2. The predicted octanol–water partition coefficient (Wildman–Crippen LogP) is 3.10. The van der Waals surface area contributed by atoms with E-state index in [1.807, 2.05) is 30.3 Å². The smallest absolute Gasteiger partial charge is 0.237 e. The number of carbonyl (C=O) groups excluding carboxylic acids is 2. The summed E-state index contributed by atoms with van der Waals surface area (Å²) in [7, 11) is 0. The molecular weight excluding hydrogens is 419 g/mol. The van der Waals surface area contributed by atoms with E-state index in [1.54, 1.807) is 0 Å².